The fourth-order valence-corrected chi connectivity index (χ4v) is 2.56. The maximum atomic E-state index is 2.37. The largest absolute Gasteiger partial charge is 0.0648 e. The standard InChI is InChI=1S/C18H18/c1-3-13(2)16-11-10-15-9-8-14-6-4-5-7-17(14)18(15)12-16/h4-13H,3H2,1-2H3. The molecule has 0 aromatic heterocycles. The summed E-state index contributed by atoms with van der Waals surface area (Å²) in [6.07, 6.45) is 1.19. The summed E-state index contributed by atoms with van der Waals surface area (Å²) in [6.45, 7) is 4.55. The van der Waals surface area contributed by atoms with Gasteiger partial charge >= 0.3 is 0 Å². The molecular formula is C18H18. The van der Waals surface area contributed by atoms with Crippen LogP contribution in [-0.2, 0) is 0 Å². The van der Waals surface area contributed by atoms with Crippen LogP contribution >= 0.6 is 0 Å². The van der Waals surface area contributed by atoms with Crippen LogP contribution in [0.2, 0.25) is 0 Å². The third kappa shape index (κ3) is 1.78. The predicted molar refractivity (Wildman–Crippen MR) is 80.2 cm³/mol. The van der Waals surface area contributed by atoms with Crippen LogP contribution in [0.25, 0.3) is 21.5 Å². The van der Waals surface area contributed by atoms with Gasteiger partial charge in [-0.2, -0.15) is 0 Å². The van der Waals surface area contributed by atoms with Crippen molar-refractivity contribution in [3.8, 4) is 0 Å². The van der Waals surface area contributed by atoms with E-state index >= 15 is 0 Å². The summed E-state index contributed by atoms with van der Waals surface area (Å²) in [6, 6.07) is 20.0. The van der Waals surface area contributed by atoms with E-state index in [4.69, 9.17) is 0 Å². The Morgan fingerprint density at radius 3 is 2.28 bits per heavy atom. The fraction of sp³-hybridized carbons (Fsp3) is 0.222. The third-order valence-electron chi connectivity index (χ3n) is 3.95. The maximum Gasteiger partial charge on any atom is -0.0103 e. The summed E-state index contributed by atoms with van der Waals surface area (Å²) >= 11 is 0. The first-order valence-corrected chi connectivity index (χ1v) is 6.71. The fourth-order valence-electron chi connectivity index (χ4n) is 2.56. The van der Waals surface area contributed by atoms with Gasteiger partial charge in [-0.05, 0) is 39.4 Å². The van der Waals surface area contributed by atoms with Crippen molar-refractivity contribution < 1.29 is 0 Å². The Hall–Kier alpha value is -1.82. The van der Waals surface area contributed by atoms with Crippen molar-refractivity contribution in [2.45, 2.75) is 26.2 Å². The van der Waals surface area contributed by atoms with E-state index < -0.39 is 0 Å². The van der Waals surface area contributed by atoms with Crippen LogP contribution in [0.4, 0.5) is 0 Å². The smallest absolute Gasteiger partial charge is 0.0103 e. The van der Waals surface area contributed by atoms with Gasteiger partial charge in [0.05, 0.1) is 0 Å². The van der Waals surface area contributed by atoms with E-state index in [1.165, 1.54) is 33.5 Å². The van der Waals surface area contributed by atoms with Gasteiger partial charge in [0.2, 0.25) is 0 Å². The molecule has 3 aromatic rings. The molecule has 0 saturated heterocycles. The van der Waals surface area contributed by atoms with Gasteiger partial charge in [-0.15, -0.1) is 0 Å². The van der Waals surface area contributed by atoms with Gasteiger partial charge in [-0.25, -0.2) is 0 Å². The summed E-state index contributed by atoms with van der Waals surface area (Å²) < 4.78 is 0. The number of fused-ring (bicyclic) bond motifs is 3. The van der Waals surface area contributed by atoms with Crippen LogP contribution in [0.3, 0.4) is 0 Å². The predicted octanol–water partition coefficient (Wildman–Crippen LogP) is 5.51. The third-order valence-corrected chi connectivity index (χ3v) is 3.95. The van der Waals surface area contributed by atoms with Crippen LogP contribution in [-0.4, -0.2) is 0 Å². The lowest BCUT2D eigenvalue weighted by Gasteiger charge is -2.11. The van der Waals surface area contributed by atoms with Crippen molar-refractivity contribution in [2.75, 3.05) is 0 Å². The molecule has 0 aliphatic rings. The number of benzene rings is 3. The SMILES string of the molecule is CCC(C)c1ccc2ccc3ccccc3c2c1. The van der Waals surface area contributed by atoms with E-state index in [1.54, 1.807) is 0 Å². The first-order chi connectivity index (χ1) is 8.79. The van der Waals surface area contributed by atoms with Crippen LogP contribution in [0.1, 0.15) is 31.7 Å². The van der Waals surface area contributed by atoms with Gasteiger partial charge in [0.15, 0.2) is 0 Å². The van der Waals surface area contributed by atoms with Gasteiger partial charge in [-0.1, -0.05) is 68.4 Å². The van der Waals surface area contributed by atoms with E-state index in [-0.39, 0.29) is 0 Å². The molecule has 3 aromatic carbocycles. The Balaban J connectivity index is 2.33. The van der Waals surface area contributed by atoms with E-state index in [1.807, 2.05) is 0 Å². The zero-order chi connectivity index (χ0) is 12.5. The van der Waals surface area contributed by atoms with Crippen molar-refractivity contribution >= 4 is 21.5 Å². The number of hydrogen-bond donors (Lipinski definition) is 0. The highest BCUT2D eigenvalue weighted by Gasteiger charge is 2.05. The molecule has 0 saturated carbocycles. The van der Waals surface area contributed by atoms with Crippen molar-refractivity contribution in [3.63, 3.8) is 0 Å². The van der Waals surface area contributed by atoms with Gasteiger partial charge in [0, 0.05) is 0 Å². The van der Waals surface area contributed by atoms with Crippen molar-refractivity contribution in [2.24, 2.45) is 0 Å². The molecular weight excluding hydrogens is 216 g/mol. The molecule has 0 aliphatic carbocycles. The Bertz CT molecular complexity index is 695. The Labute approximate surface area is 108 Å². The normalized spacial score (nSPS) is 13.0. The van der Waals surface area contributed by atoms with Crippen molar-refractivity contribution in [1.29, 1.82) is 0 Å². The summed E-state index contributed by atoms with van der Waals surface area (Å²) in [5.74, 6) is 0.633. The van der Waals surface area contributed by atoms with Gasteiger partial charge in [-0.3, -0.25) is 0 Å². The minimum absolute atomic E-state index is 0.633. The van der Waals surface area contributed by atoms with Gasteiger partial charge < -0.3 is 0 Å². The molecule has 0 heterocycles. The molecule has 1 atom stereocenters. The first-order valence-electron chi connectivity index (χ1n) is 6.71. The summed E-state index contributed by atoms with van der Waals surface area (Å²) in [5, 5.41) is 5.40. The highest BCUT2D eigenvalue weighted by Crippen LogP contribution is 2.29. The lowest BCUT2D eigenvalue weighted by atomic mass is 9.94. The van der Waals surface area contributed by atoms with Crippen molar-refractivity contribution in [1.82, 2.24) is 0 Å². The summed E-state index contributed by atoms with van der Waals surface area (Å²) in [4.78, 5) is 0. The number of hydrogen-bond acceptors (Lipinski definition) is 0. The van der Waals surface area contributed by atoms with E-state index in [9.17, 15) is 0 Å². The molecule has 1 unspecified atom stereocenters. The second kappa shape index (κ2) is 4.45. The number of rotatable bonds is 2. The summed E-state index contributed by atoms with van der Waals surface area (Å²) in [5.41, 5.74) is 1.45. The second-order valence-electron chi connectivity index (χ2n) is 5.08. The molecule has 0 N–H and O–H groups in total. The molecule has 90 valence electrons. The van der Waals surface area contributed by atoms with E-state index in [2.05, 4.69) is 68.4 Å². The molecule has 18 heavy (non-hydrogen) atoms. The molecule has 0 spiro atoms. The lowest BCUT2D eigenvalue weighted by molar-refractivity contribution is 0.735. The Kier molecular flexibility index (Phi) is 2.79. The molecule has 0 amide bonds. The average Bonchev–Trinajstić information content (AvgIpc) is 2.45. The Morgan fingerprint density at radius 1 is 0.833 bits per heavy atom. The van der Waals surface area contributed by atoms with Crippen LogP contribution < -0.4 is 0 Å². The zero-order valence-electron chi connectivity index (χ0n) is 11.0. The lowest BCUT2D eigenvalue weighted by Crippen LogP contribution is -1.91. The highest BCUT2D eigenvalue weighted by molar-refractivity contribution is 6.07. The molecule has 3 rings (SSSR count). The van der Waals surface area contributed by atoms with Crippen LogP contribution in [0.15, 0.2) is 54.6 Å². The molecule has 0 fully saturated rings. The van der Waals surface area contributed by atoms with Gasteiger partial charge in [0.25, 0.3) is 0 Å². The minimum atomic E-state index is 0.633. The molecule has 0 heteroatoms. The Morgan fingerprint density at radius 2 is 1.50 bits per heavy atom. The van der Waals surface area contributed by atoms with Crippen LogP contribution in [0.5, 0.6) is 0 Å². The quantitative estimate of drug-likeness (QED) is 0.513. The zero-order valence-corrected chi connectivity index (χ0v) is 11.0. The van der Waals surface area contributed by atoms with E-state index in [0.29, 0.717) is 5.92 Å². The highest BCUT2D eigenvalue weighted by atomic mass is 14.1. The summed E-state index contributed by atoms with van der Waals surface area (Å²) in [7, 11) is 0. The average molecular weight is 234 g/mol. The monoisotopic (exact) mass is 234 g/mol. The first kappa shape index (κ1) is 11.3. The maximum absolute atomic E-state index is 2.37. The van der Waals surface area contributed by atoms with Crippen LogP contribution in [0, 0.1) is 0 Å². The molecule has 0 aliphatic heterocycles. The van der Waals surface area contributed by atoms with Crippen molar-refractivity contribution in [3.05, 3.63) is 60.2 Å². The molecule has 0 bridgehead atoms. The van der Waals surface area contributed by atoms with Gasteiger partial charge in [0.1, 0.15) is 0 Å². The van der Waals surface area contributed by atoms with E-state index in [0.717, 1.165) is 0 Å². The molecule has 0 nitrogen and oxygen atoms in total. The second-order valence-corrected chi connectivity index (χ2v) is 5.08. The topological polar surface area (TPSA) is 0 Å². The minimum Gasteiger partial charge on any atom is -0.0648 e. The molecule has 0 radical (unpaired) electrons.